The van der Waals surface area contributed by atoms with Gasteiger partial charge in [0.15, 0.2) is 0 Å². The van der Waals surface area contributed by atoms with E-state index in [1.807, 2.05) is 6.92 Å². The van der Waals surface area contributed by atoms with Crippen LogP contribution in [0.1, 0.15) is 24.0 Å². The number of aliphatic hydroxyl groups is 1. The average molecular weight is 346 g/mol. The van der Waals surface area contributed by atoms with Crippen molar-refractivity contribution in [2.75, 3.05) is 32.8 Å². The standard InChI is InChI=1S/C16H21F3N2O3/c1-11(12-2-4-13(5-3-12)16(17,18)19)8-20-15(23)21-6-7-24-14(9-21)10-22/h2-5,11,14,22H,6-10H2,1H3,(H,20,23). The molecule has 2 rings (SSSR count). The third-order valence-electron chi connectivity index (χ3n) is 4.00. The molecule has 1 heterocycles. The van der Waals surface area contributed by atoms with Crippen LogP contribution in [0, 0.1) is 0 Å². The molecular weight excluding hydrogens is 325 g/mol. The van der Waals surface area contributed by atoms with Crippen molar-refractivity contribution in [2.45, 2.75) is 25.1 Å². The highest BCUT2D eigenvalue weighted by atomic mass is 19.4. The number of alkyl halides is 3. The van der Waals surface area contributed by atoms with Crippen LogP contribution in [0.3, 0.4) is 0 Å². The summed E-state index contributed by atoms with van der Waals surface area (Å²) in [5.41, 5.74) is 0.0318. The summed E-state index contributed by atoms with van der Waals surface area (Å²) < 4.78 is 42.9. The number of amides is 2. The molecule has 1 fully saturated rings. The summed E-state index contributed by atoms with van der Waals surface area (Å²) in [7, 11) is 0. The fourth-order valence-corrected chi connectivity index (χ4v) is 2.48. The predicted molar refractivity (Wildman–Crippen MR) is 81.7 cm³/mol. The number of urea groups is 1. The summed E-state index contributed by atoms with van der Waals surface area (Å²) in [4.78, 5) is 13.7. The fraction of sp³-hybridized carbons (Fsp3) is 0.562. The van der Waals surface area contributed by atoms with Crippen molar-refractivity contribution >= 4 is 6.03 Å². The van der Waals surface area contributed by atoms with Crippen molar-refractivity contribution in [2.24, 2.45) is 0 Å². The minimum atomic E-state index is -4.35. The molecule has 0 spiro atoms. The van der Waals surface area contributed by atoms with Crippen LogP contribution in [0.2, 0.25) is 0 Å². The Labute approximate surface area is 138 Å². The normalized spacial score (nSPS) is 19.9. The maximum absolute atomic E-state index is 12.6. The van der Waals surface area contributed by atoms with Crippen LogP contribution in [-0.4, -0.2) is 55.0 Å². The predicted octanol–water partition coefficient (Wildman–Crippen LogP) is 2.21. The monoisotopic (exact) mass is 346 g/mol. The van der Waals surface area contributed by atoms with Crippen LogP contribution >= 0.6 is 0 Å². The zero-order valence-corrected chi connectivity index (χ0v) is 13.3. The first kappa shape index (κ1) is 18.5. The number of nitrogens with one attached hydrogen (secondary N) is 1. The smallest absolute Gasteiger partial charge is 0.394 e. The van der Waals surface area contributed by atoms with Crippen LogP contribution < -0.4 is 5.32 Å². The maximum atomic E-state index is 12.6. The van der Waals surface area contributed by atoms with E-state index in [4.69, 9.17) is 9.84 Å². The SMILES string of the molecule is CC(CNC(=O)N1CCOC(CO)C1)c1ccc(C(F)(F)F)cc1. The molecule has 8 heteroatoms. The summed E-state index contributed by atoms with van der Waals surface area (Å²) in [5, 5.41) is 11.8. The number of hydrogen-bond acceptors (Lipinski definition) is 3. The Morgan fingerprint density at radius 1 is 1.42 bits per heavy atom. The van der Waals surface area contributed by atoms with Crippen LogP contribution in [0.4, 0.5) is 18.0 Å². The van der Waals surface area contributed by atoms with Crippen molar-refractivity contribution in [3.05, 3.63) is 35.4 Å². The lowest BCUT2D eigenvalue weighted by Gasteiger charge is -2.32. The first-order chi connectivity index (χ1) is 11.3. The van der Waals surface area contributed by atoms with Gasteiger partial charge in [-0.25, -0.2) is 4.79 Å². The minimum absolute atomic E-state index is 0.120. The molecule has 1 saturated heterocycles. The lowest BCUT2D eigenvalue weighted by molar-refractivity contribution is -0.137. The molecule has 0 aliphatic carbocycles. The van der Waals surface area contributed by atoms with Gasteiger partial charge in [-0.2, -0.15) is 13.2 Å². The maximum Gasteiger partial charge on any atom is 0.416 e. The lowest BCUT2D eigenvalue weighted by Crippen LogP contribution is -2.51. The first-order valence-corrected chi connectivity index (χ1v) is 7.73. The highest BCUT2D eigenvalue weighted by molar-refractivity contribution is 5.74. The van der Waals surface area contributed by atoms with Gasteiger partial charge in [0.25, 0.3) is 0 Å². The molecule has 5 nitrogen and oxygen atoms in total. The summed E-state index contributed by atoms with van der Waals surface area (Å²) in [5.74, 6) is -0.120. The van der Waals surface area contributed by atoms with Gasteiger partial charge in [-0.15, -0.1) is 0 Å². The second kappa shape index (κ2) is 7.85. The summed E-state index contributed by atoms with van der Waals surface area (Å²) >= 11 is 0. The van der Waals surface area contributed by atoms with E-state index in [1.165, 1.54) is 12.1 Å². The van der Waals surface area contributed by atoms with E-state index in [-0.39, 0.29) is 24.7 Å². The number of ether oxygens (including phenoxy) is 1. The molecule has 24 heavy (non-hydrogen) atoms. The number of nitrogens with zero attached hydrogens (tertiary/aromatic N) is 1. The number of halogens is 3. The second-order valence-corrected chi connectivity index (χ2v) is 5.83. The van der Waals surface area contributed by atoms with Gasteiger partial charge >= 0.3 is 12.2 Å². The molecule has 0 aromatic heterocycles. The Morgan fingerprint density at radius 2 is 2.08 bits per heavy atom. The molecule has 1 aromatic rings. The fourth-order valence-electron chi connectivity index (χ4n) is 2.48. The molecule has 2 atom stereocenters. The highest BCUT2D eigenvalue weighted by Crippen LogP contribution is 2.30. The Kier molecular flexibility index (Phi) is 6.06. The first-order valence-electron chi connectivity index (χ1n) is 7.73. The Balaban J connectivity index is 1.86. The molecule has 134 valence electrons. The zero-order chi connectivity index (χ0) is 17.7. The van der Waals surface area contributed by atoms with Crippen molar-refractivity contribution < 1.29 is 27.8 Å². The molecule has 1 aliphatic heterocycles. The van der Waals surface area contributed by atoms with Crippen molar-refractivity contribution in [1.29, 1.82) is 0 Å². The van der Waals surface area contributed by atoms with Gasteiger partial charge in [0.2, 0.25) is 0 Å². The average Bonchev–Trinajstić information content (AvgIpc) is 2.58. The Morgan fingerprint density at radius 3 is 2.67 bits per heavy atom. The van der Waals surface area contributed by atoms with Gasteiger partial charge in [0.1, 0.15) is 0 Å². The molecule has 2 unspecified atom stereocenters. The van der Waals surface area contributed by atoms with E-state index >= 15 is 0 Å². The zero-order valence-electron chi connectivity index (χ0n) is 13.3. The lowest BCUT2D eigenvalue weighted by atomic mass is 10.00. The van der Waals surface area contributed by atoms with Gasteiger partial charge in [0.05, 0.1) is 31.4 Å². The molecule has 1 aromatic carbocycles. The van der Waals surface area contributed by atoms with Gasteiger partial charge in [-0.05, 0) is 23.6 Å². The Bertz CT molecular complexity index is 548. The van der Waals surface area contributed by atoms with Crippen LogP contribution in [0.25, 0.3) is 0 Å². The third kappa shape index (κ3) is 4.85. The minimum Gasteiger partial charge on any atom is -0.394 e. The van der Waals surface area contributed by atoms with Gasteiger partial charge in [-0.3, -0.25) is 0 Å². The van der Waals surface area contributed by atoms with E-state index in [2.05, 4.69) is 5.32 Å². The molecule has 0 bridgehead atoms. The number of carbonyl (C=O) groups is 1. The topological polar surface area (TPSA) is 61.8 Å². The molecule has 0 saturated carbocycles. The number of morpholine rings is 1. The molecule has 2 amide bonds. The van der Waals surface area contributed by atoms with Gasteiger partial charge in [0, 0.05) is 13.1 Å². The highest BCUT2D eigenvalue weighted by Gasteiger charge is 2.30. The summed E-state index contributed by atoms with van der Waals surface area (Å²) in [6.45, 7) is 3.12. The third-order valence-corrected chi connectivity index (χ3v) is 4.00. The molecule has 2 N–H and O–H groups in total. The number of hydrogen-bond donors (Lipinski definition) is 2. The van der Waals surface area contributed by atoms with Gasteiger partial charge < -0.3 is 20.1 Å². The van der Waals surface area contributed by atoms with E-state index < -0.39 is 11.7 Å². The van der Waals surface area contributed by atoms with Gasteiger partial charge in [-0.1, -0.05) is 19.1 Å². The summed E-state index contributed by atoms with van der Waals surface area (Å²) in [6.07, 6.45) is -4.73. The van der Waals surface area contributed by atoms with E-state index in [0.29, 0.717) is 26.2 Å². The van der Waals surface area contributed by atoms with Crippen LogP contribution in [-0.2, 0) is 10.9 Å². The summed E-state index contributed by atoms with van der Waals surface area (Å²) in [6, 6.07) is 4.67. The molecular formula is C16H21F3N2O3. The molecule has 1 aliphatic rings. The van der Waals surface area contributed by atoms with E-state index in [0.717, 1.165) is 17.7 Å². The van der Waals surface area contributed by atoms with Crippen LogP contribution in [0.15, 0.2) is 24.3 Å². The Hall–Kier alpha value is -1.80. The second-order valence-electron chi connectivity index (χ2n) is 5.83. The van der Waals surface area contributed by atoms with Crippen LogP contribution in [0.5, 0.6) is 0 Å². The quantitative estimate of drug-likeness (QED) is 0.879. The molecule has 0 radical (unpaired) electrons. The van der Waals surface area contributed by atoms with E-state index in [1.54, 1.807) is 4.90 Å². The number of carbonyl (C=O) groups excluding carboxylic acids is 1. The number of benzene rings is 1. The number of aliphatic hydroxyl groups excluding tert-OH is 1. The van der Waals surface area contributed by atoms with Crippen molar-refractivity contribution in [3.8, 4) is 0 Å². The van der Waals surface area contributed by atoms with Crippen molar-refractivity contribution in [1.82, 2.24) is 10.2 Å². The van der Waals surface area contributed by atoms with E-state index in [9.17, 15) is 18.0 Å². The largest absolute Gasteiger partial charge is 0.416 e. The number of rotatable bonds is 4. The van der Waals surface area contributed by atoms with Crippen molar-refractivity contribution in [3.63, 3.8) is 0 Å².